The topological polar surface area (TPSA) is 59.5 Å². The lowest BCUT2D eigenvalue weighted by atomic mass is 10.00. The lowest BCUT2D eigenvalue weighted by Gasteiger charge is -2.35. The third-order valence-corrected chi connectivity index (χ3v) is 6.02. The van der Waals surface area contributed by atoms with E-state index in [-0.39, 0.29) is 5.56 Å². The minimum absolute atomic E-state index is 0.0709. The van der Waals surface area contributed by atoms with Crippen LogP contribution in [0.2, 0.25) is 0 Å². The first-order valence-corrected chi connectivity index (χ1v) is 11.3. The Morgan fingerprint density at radius 1 is 1.10 bits per heavy atom. The molecule has 2 aromatic rings. The van der Waals surface area contributed by atoms with Gasteiger partial charge in [-0.1, -0.05) is 13.3 Å². The maximum Gasteiger partial charge on any atom is 0.262 e. The number of hydrogen-bond acceptors (Lipinski definition) is 5. The van der Waals surface area contributed by atoms with Gasteiger partial charge in [-0.05, 0) is 64.4 Å². The van der Waals surface area contributed by atoms with Gasteiger partial charge in [0.05, 0.1) is 24.1 Å². The molecule has 0 aliphatic carbocycles. The SMILES string of the molecule is CCOc1cc2[nH]c(=S)n(CCCN3CCCC[C@@H]3CC)c(=O)c2cc1OCC. The summed E-state index contributed by atoms with van der Waals surface area (Å²) in [5.74, 6) is 1.22. The Bertz CT molecular complexity index is 937. The summed E-state index contributed by atoms with van der Waals surface area (Å²) in [6, 6.07) is 4.26. The Hall–Kier alpha value is -1.86. The van der Waals surface area contributed by atoms with Crippen LogP contribution >= 0.6 is 12.2 Å². The quantitative estimate of drug-likeness (QED) is 0.606. The molecular weight excluding hydrogens is 386 g/mol. The zero-order chi connectivity index (χ0) is 20.8. The van der Waals surface area contributed by atoms with Crippen molar-refractivity contribution in [2.75, 3.05) is 26.3 Å². The van der Waals surface area contributed by atoms with Crippen LogP contribution in [0.3, 0.4) is 0 Å². The summed E-state index contributed by atoms with van der Waals surface area (Å²) in [5, 5.41) is 0.579. The average molecular weight is 420 g/mol. The van der Waals surface area contributed by atoms with Crippen LogP contribution in [-0.4, -0.2) is 46.8 Å². The van der Waals surface area contributed by atoms with Crippen molar-refractivity contribution in [3.05, 3.63) is 27.3 Å². The van der Waals surface area contributed by atoms with E-state index in [2.05, 4.69) is 16.8 Å². The zero-order valence-corrected chi connectivity index (χ0v) is 18.6. The van der Waals surface area contributed by atoms with Gasteiger partial charge in [-0.2, -0.15) is 0 Å². The third-order valence-electron chi connectivity index (χ3n) is 5.69. The predicted molar refractivity (Wildman–Crippen MR) is 120 cm³/mol. The molecule has 1 N–H and O–H groups in total. The molecule has 0 unspecified atom stereocenters. The van der Waals surface area contributed by atoms with Crippen LogP contribution in [0.5, 0.6) is 11.5 Å². The monoisotopic (exact) mass is 419 g/mol. The molecule has 1 aromatic carbocycles. The Kier molecular flexibility index (Phi) is 7.72. The van der Waals surface area contributed by atoms with Gasteiger partial charge in [-0.25, -0.2) is 0 Å². The number of aromatic nitrogens is 2. The number of piperidine rings is 1. The molecule has 1 aliphatic heterocycles. The van der Waals surface area contributed by atoms with Gasteiger partial charge in [0.15, 0.2) is 16.3 Å². The first-order chi connectivity index (χ1) is 14.1. The van der Waals surface area contributed by atoms with Gasteiger partial charge in [-0.15, -0.1) is 0 Å². The number of nitrogens with one attached hydrogen (secondary N) is 1. The maximum atomic E-state index is 13.1. The maximum absolute atomic E-state index is 13.1. The minimum Gasteiger partial charge on any atom is -0.490 e. The number of benzene rings is 1. The predicted octanol–water partition coefficient (Wildman–Crippen LogP) is 4.51. The third kappa shape index (κ3) is 5.01. The second-order valence-corrected chi connectivity index (χ2v) is 7.93. The van der Waals surface area contributed by atoms with Gasteiger partial charge >= 0.3 is 0 Å². The molecular formula is C22H33N3O3S. The summed E-state index contributed by atoms with van der Waals surface area (Å²) < 4.78 is 13.5. The number of ether oxygens (including phenoxy) is 2. The molecule has 1 fully saturated rings. The summed E-state index contributed by atoms with van der Waals surface area (Å²) in [5.41, 5.74) is 0.615. The van der Waals surface area contributed by atoms with Crippen LogP contribution < -0.4 is 15.0 Å². The highest BCUT2D eigenvalue weighted by molar-refractivity contribution is 7.71. The van der Waals surface area contributed by atoms with E-state index < -0.39 is 0 Å². The number of nitrogens with zero attached hydrogens (tertiary/aromatic N) is 2. The minimum atomic E-state index is -0.0709. The fourth-order valence-electron chi connectivity index (χ4n) is 4.25. The van der Waals surface area contributed by atoms with Gasteiger partial charge in [0.1, 0.15) is 0 Å². The molecule has 1 saturated heterocycles. The number of fused-ring (bicyclic) bond motifs is 1. The summed E-state index contributed by atoms with van der Waals surface area (Å²) in [6.45, 7) is 9.93. The largest absolute Gasteiger partial charge is 0.490 e. The molecule has 7 heteroatoms. The smallest absolute Gasteiger partial charge is 0.262 e. The molecule has 1 aliphatic rings. The molecule has 0 spiro atoms. The van der Waals surface area contributed by atoms with E-state index in [1.54, 1.807) is 10.6 Å². The zero-order valence-electron chi connectivity index (χ0n) is 17.8. The number of hydrogen-bond donors (Lipinski definition) is 1. The number of H-pyrrole nitrogens is 1. The molecule has 1 aromatic heterocycles. The Morgan fingerprint density at radius 3 is 2.52 bits per heavy atom. The number of likely N-dealkylation sites (tertiary alicyclic amines) is 1. The van der Waals surface area contributed by atoms with Gasteiger partial charge in [0, 0.05) is 25.2 Å². The van der Waals surface area contributed by atoms with E-state index in [0.717, 1.165) is 19.5 Å². The molecule has 0 bridgehead atoms. The fraction of sp³-hybridized carbons (Fsp3) is 0.636. The normalized spacial score (nSPS) is 17.6. The highest BCUT2D eigenvalue weighted by Gasteiger charge is 2.20. The van der Waals surface area contributed by atoms with Gasteiger partial charge in [0.2, 0.25) is 0 Å². The summed E-state index contributed by atoms with van der Waals surface area (Å²) in [7, 11) is 0. The van der Waals surface area contributed by atoms with E-state index >= 15 is 0 Å². The van der Waals surface area contributed by atoms with Crippen molar-refractivity contribution in [3.8, 4) is 11.5 Å². The van der Waals surface area contributed by atoms with Crippen LogP contribution in [0.4, 0.5) is 0 Å². The van der Waals surface area contributed by atoms with Crippen molar-refractivity contribution < 1.29 is 9.47 Å². The number of rotatable bonds is 9. The van der Waals surface area contributed by atoms with Crippen LogP contribution in [0.15, 0.2) is 16.9 Å². The molecule has 0 radical (unpaired) electrons. The lowest BCUT2D eigenvalue weighted by Crippen LogP contribution is -2.40. The average Bonchev–Trinajstić information content (AvgIpc) is 2.72. The molecule has 2 heterocycles. The van der Waals surface area contributed by atoms with Gasteiger partial charge in [0.25, 0.3) is 5.56 Å². The second-order valence-electron chi connectivity index (χ2n) is 7.54. The molecule has 0 amide bonds. The van der Waals surface area contributed by atoms with E-state index in [0.29, 0.717) is 53.0 Å². The van der Waals surface area contributed by atoms with Crippen LogP contribution in [0, 0.1) is 4.77 Å². The Balaban J connectivity index is 1.83. The first-order valence-electron chi connectivity index (χ1n) is 10.9. The molecule has 160 valence electrons. The van der Waals surface area contributed by atoms with Crippen LogP contribution in [-0.2, 0) is 6.54 Å². The highest BCUT2D eigenvalue weighted by atomic mass is 32.1. The van der Waals surface area contributed by atoms with Crippen LogP contribution in [0.25, 0.3) is 10.9 Å². The van der Waals surface area contributed by atoms with E-state index in [1.807, 2.05) is 19.9 Å². The summed E-state index contributed by atoms with van der Waals surface area (Å²) in [6.07, 6.45) is 5.99. The van der Waals surface area contributed by atoms with Crippen molar-refractivity contribution in [2.24, 2.45) is 0 Å². The lowest BCUT2D eigenvalue weighted by molar-refractivity contribution is 0.140. The van der Waals surface area contributed by atoms with Gasteiger partial charge < -0.3 is 19.4 Å². The van der Waals surface area contributed by atoms with Crippen molar-refractivity contribution >= 4 is 23.1 Å². The first kappa shape index (κ1) is 21.8. The molecule has 29 heavy (non-hydrogen) atoms. The molecule has 3 rings (SSSR count). The Labute approximate surface area is 177 Å². The summed E-state index contributed by atoms with van der Waals surface area (Å²) in [4.78, 5) is 18.9. The Morgan fingerprint density at radius 2 is 1.83 bits per heavy atom. The molecule has 6 nitrogen and oxygen atoms in total. The van der Waals surface area contributed by atoms with Crippen molar-refractivity contribution in [2.45, 2.75) is 65.5 Å². The standard InChI is InChI=1S/C22H33N3O3S/c1-4-16-10-7-8-11-24(16)12-9-13-25-21(26)17-14-19(27-5-2)20(28-6-3)15-18(17)23-22(25)29/h14-16H,4-13H2,1-3H3,(H,23,29)/t16-/m0/s1. The highest BCUT2D eigenvalue weighted by Crippen LogP contribution is 2.31. The number of aromatic amines is 1. The van der Waals surface area contributed by atoms with Gasteiger partial charge in [-0.3, -0.25) is 9.36 Å². The van der Waals surface area contributed by atoms with Crippen molar-refractivity contribution in [3.63, 3.8) is 0 Å². The fourth-order valence-corrected chi connectivity index (χ4v) is 4.53. The van der Waals surface area contributed by atoms with E-state index in [4.69, 9.17) is 21.7 Å². The van der Waals surface area contributed by atoms with Crippen LogP contribution in [0.1, 0.15) is 52.9 Å². The van der Waals surface area contributed by atoms with E-state index in [9.17, 15) is 4.79 Å². The molecule has 1 atom stereocenters. The summed E-state index contributed by atoms with van der Waals surface area (Å²) >= 11 is 5.50. The van der Waals surface area contributed by atoms with Crippen molar-refractivity contribution in [1.82, 2.24) is 14.5 Å². The van der Waals surface area contributed by atoms with E-state index in [1.165, 1.54) is 25.7 Å². The van der Waals surface area contributed by atoms with Crippen molar-refractivity contribution in [1.29, 1.82) is 0 Å². The molecule has 0 saturated carbocycles. The second kappa shape index (κ2) is 10.3.